The van der Waals surface area contributed by atoms with E-state index in [2.05, 4.69) is 12.2 Å². The Balaban J connectivity index is 2.17. The van der Waals surface area contributed by atoms with Crippen molar-refractivity contribution < 1.29 is 4.79 Å². The van der Waals surface area contributed by atoms with E-state index in [4.69, 9.17) is 5.73 Å². The van der Waals surface area contributed by atoms with Crippen LogP contribution in [0.3, 0.4) is 0 Å². The number of carbonyl (C=O) groups excluding carboxylic acids is 1. The summed E-state index contributed by atoms with van der Waals surface area (Å²) in [5.74, 6) is 0.746. The fourth-order valence-electron chi connectivity index (χ4n) is 1.35. The molecule has 3 heteroatoms. The number of carbonyl (C=O) groups is 1. The Morgan fingerprint density at radius 3 is 2.55 bits per heavy atom. The first-order valence-corrected chi connectivity index (χ1v) is 4.15. The summed E-state index contributed by atoms with van der Waals surface area (Å²) in [7, 11) is 0. The van der Waals surface area contributed by atoms with Crippen LogP contribution in [0.5, 0.6) is 0 Å². The lowest BCUT2D eigenvalue weighted by molar-refractivity contribution is -0.123. The molecule has 3 N–H and O–H groups in total. The molecule has 0 aliphatic heterocycles. The third-order valence-corrected chi connectivity index (χ3v) is 2.13. The summed E-state index contributed by atoms with van der Waals surface area (Å²) in [4.78, 5) is 11.0. The Hall–Kier alpha value is -0.570. The molecule has 64 valence electrons. The molecule has 0 heterocycles. The minimum absolute atomic E-state index is 0.0260. The van der Waals surface area contributed by atoms with Crippen molar-refractivity contribution in [1.82, 2.24) is 5.32 Å². The minimum Gasteiger partial charge on any atom is -0.352 e. The van der Waals surface area contributed by atoms with Crippen LogP contribution in [-0.2, 0) is 4.79 Å². The second kappa shape index (κ2) is 3.22. The highest BCUT2D eigenvalue weighted by atomic mass is 16.2. The molecule has 0 aromatic heterocycles. The maximum absolute atomic E-state index is 11.0. The molecule has 1 fully saturated rings. The van der Waals surface area contributed by atoms with Crippen molar-refractivity contribution in [2.24, 2.45) is 11.7 Å². The van der Waals surface area contributed by atoms with E-state index in [1.165, 1.54) is 0 Å². The number of nitrogens with two attached hydrogens (primary N) is 1. The standard InChI is InChI=1S/C8H16N2O/c1-5-3-7(4-5)10-8(11)6(2)9/h5-7H,3-4,9H2,1-2H3,(H,10,11)/t5?,6-,7?/m0/s1. The number of amides is 1. The van der Waals surface area contributed by atoms with Crippen LogP contribution in [0.2, 0.25) is 0 Å². The van der Waals surface area contributed by atoms with Gasteiger partial charge in [0.05, 0.1) is 6.04 Å². The summed E-state index contributed by atoms with van der Waals surface area (Å²) in [5, 5.41) is 2.88. The van der Waals surface area contributed by atoms with Crippen LogP contribution in [0.4, 0.5) is 0 Å². The topological polar surface area (TPSA) is 55.1 Å². The molecule has 3 nitrogen and oxygen atoms in total. The molecule has 11 heavy (non-hydrogen) atoms. The highest BCUT2D eigenvalue weighted by Gasteiger charge is 2.26. The molecule has 0 aromatic rings. The van der Waals surface area contributed by atoms with Crippen molar-refractivity contribution in [1.29, 1.82) is 0 Å². The van der Waals surface area contributed by atoms with Crippen molar-refractivity contribution >= 4 is 5.91 Å². The first-order valence-electron chi connectivity index (χ1n) is 4.15. The van der Waals surface area contributed by atoms with E-state index in [0.29, 0.717) is 6.04 Å². The molecule has 1 aliphatic rings. The third kappa shape index (κ3) is 2.19. The van der Waals surface area contributed by atoms with Crippen molar-refractivity contribution in [2.75, 3.05) is 0 Å². The molecular formula is C8H16N2O. The van der Waals surface area contributed by atoms with Gasteiger partial charge in [0.25, 0.3) is 0 Å². The lowest BCUT2D eigenvalue weighted by atomic mass is 9.82. The Morgan fingerprint density at radius 1 is 1.64 bits per heavy atom. The summed E-state index contributed by atoms with van der Waals surface area (Å²) in [5.41, 5.74) is 5.39. The van der Waals surface area contributed by atoms with Gasteiger partial charge in [0.2, 0.25) is 5.91 Å². The van der Waals surface area contributed by atoms with Gasteiger partial charge in [-0.25, -0.2) is 0 Å². The lowest BCUT2D eigenvalue weighted by Gasteiger charge is -2.33. The van der Waals surface area contributed by atoms with Crippen molar-refractivity contribution in [2.45, 2.75) is 38.8 Å². The number of nitrogens with one attached hydrogen (secondary N) is 1. The normalized spacial score (nSPS) is 32.3. The van der Waals surface area contributed by atoms with Crippen LogP contribution in [0.1, 0.15) is 26.7 Å². The molecule has 0 bridgehead atoms. The monoisotopic (exact) mass is 156 g/mol. The zero-order chi connectivity index (χ0) is 8.43. The first kappa shape index (κ1) is 8.53. The van der Waals surface area contributed by atoms with Gasteiger partial charge in [-0.05, 0) is 25.7 Å². The van der Waals surface area contributed by atoms with Gasteiger partial charge in [-0.2, -0.15) is 0 Å². The van der Waals surface area contributed by atoms with Gasteiger partial charge in [-0.15, -0.1) is 0 Å². The molecule has 0 radical (unpaired) electrons. The molecule has 1 atom stereocenters. The van der Waals surface area contributed by atoms with Crippen LogP contribution in [-0.4, -0.2) is 18.0 Å². The van der Waals surface area contributed by atoms with E-state index >= 15 is 0 Å². The highest BCUT2D eigenvalue weighted by molar-refractivity contribution is 5.81. The summed E-state index contributed by atoms with van der Waals surface area (Å²) in [6.45, 7) is 3.89. The summed E-state index contributed by atoms with van der Waals surface area (Å²) < 4.78 is 0. The predicted octanol–water partition coefficient (Wildman–Crippen LogP) is 0.248. The number of rotatable bonds is 2. The number of hydrogen-bond acceptors (Lipinski definition) is 2. The van der Waals surface area contributed by atoms with Gasteiger partial charge in [-0.3, -0.25) is 4.79 Å². The Kier molecular flexibility index (Phi) is 2.49. The van der Waals surface area contributed by atoms with E-state index in [9.17, 15) is 4.79 Å². The van der Waals surface area contributed by atoms with Crippen LogP contribution in [0.15, 0.2) is 0 Å². The maximum atomic E-state index is 11.0. The molecule has 0 spiro atoms. The molecule has 1 saturated carbocycles. The second-order valence-corrected chi connectivity index (χ2v) is 3.57. The van der Waals surface area contributed by atoms with Gasteiger partial charge in [0.15, 0.2) is 0 Å². The summed E-state index contributed by atoms with van der Waals surface area (Å²) in [6.07, 6.45) is 2.22. The SMILES string of the molecule is CC1CC(NC(=O)[C@H](C)N)C1. The molecule has 0 aromatic carbocycles. The van der Waals surface area contributed by atoms with Gasteiger partial charge < -0.3 is 11.1 Å². The number of hydrogen-bond donors (Lipinski definition) is 2. The average Bonchev–Trinajstić information content (AvgIpc) is 1.84. The van der Waals surface area contributed by atoms with Crippen LogP contribution >= 0.6 is 0 Å². The molecule has 1 amide bonds. The van der Waals surface area contributed by atoms with Crippen LogP contribution in [0, 0.1) is 5.92 Å². The lowest BCUT2D eigenvalue weighted by Crippen LogP contribution is -2.48. The zero-order valence-corrected chi connectivity index (χ0v) is 7.13. The van der Waals surface area contributed by atoms with Crippen molar-refractivity contribution in [3.05, 3.63) is 0 Å². The van der Waals surface area contributed by atoms with E-state index in [1.54, 1.807) is 6.92 Å². The fourth-order valence-corrected chi connectivity index (χ4v) is 1.35. The predicted molar refractivity (Wildman–Crippen MR) is 44.0 cm³/mol. The Labute approximate surface area is 67.3 Å². The van der Waals surface area contributed by atoms with Crippen LogP contribution in [0.25, 0.3) is 0 Å². The first-order chi connectivity index (χ1) is 5.09. The quantitative estimate of drug-likeness (QED) is 0.602. The summed E-state index contributed by atoms with van der Waals surface area (Å²) >= 11 is 0. The second-order valence-electron chi connectivity index (χ2n) is 3.57. The highest BCUT2D eigenvalue weighted by Crippen LogP contribution is 2.25. The molecular weight excluding hydrogens is 140 g/mol. The van der Waals surface area contributed by atoms with Gasteiger partial charge >= 0.3 is 0 Å². The third-order valence-electron chi connectivity index (χ3n) is 2.13. The Morgan fingerprint density at radius 2 is 2.18 bits per heavy atom. The van der Waals surface area contributed by atoms with Crippen LogP contribution < -0.4 is 11.1 Å². The Bertz CT molecular complexity index is 150. The van der Waals surface area contributed by atoms with Crippen molar-refractivity contribution in [3.63, 3.8) is 0 Å². The smallest absolute Gasteiger partial charge is 0.236 e. The van der Waals surface area contributed by atoms with Gasteiger partial charge in [0.1, 0.15) is 0 Å². The average molecular weight is 156 g/mol. The molecule has 1 rings (SSSR count). The zero-order valence-electron chi connectivity index (χ0n) is 7.13. The largest absolute Gasteiger partial charge is 0.352 e. The van der Waals surface area contributed by atoms with Gasteiger partial charge in [-0.1, -0.05) is 6.92 Å². The van der Waals surface area contributed by atoms with E-state index in [0.717, 1.165) is 18.8 Å². The molecule has 0 unspecified atom stereocenters. The maximum Gasteiger partial charge on any atom is 0.236 e. The van der Waals surface area contributed by atoms with E-state index in [1.807, 2.05) is 0 Å². The fraction of sp³-hybridized carbons (Fsp3) is 0.875. The van der Waals surface area contributed by atoms with E-state index in [-0.39, 0.29) is 11.9 Å². The summed E-state index contributed by atoms with van der Waals surface area (Å²) in [6, 6.07) is 0.0226. The molecule has 0 saturated heterocycles. The molecule has 1 aliphatic carbocycles. The van der Waals surface area contributed by atoms with Crippen molar-refractivity contribution in [3.8, 4) is 0 Å². The van der Waals surface area contributed by atoms with Gasteiger partial charge in [0, 0.05) is 6.04 Å². The minimum atomic E-state index is -0.370. The van der Waals surface area contributed by atoms with E-state index < -0.39 is 0 Å².